The lowest BCUT2D eigenvalue weighted by molar-refractivity contribution is -0.220. The van der Waals surface area contributed by atoms with E-state index in [4.69, 9.17) is 4.74 Å². The Morgan fingerprint density at radius 1 is 1.07 bits per heavy atom. The first-order valence-electron chi connectivity index (χ1n) is 8.60. The Balaban J connectivity index is 2.32. The van der Waals surface area contributed by atoms with Crippen molar-refractivity contribution >= 4 is 17.8 Å². The average molecular weight is 416 g/mol. The van der Waals surface area contributed by atoms with E-state index < -0.39 is 41.5 Å². The first kappa shape index (κ1) is 20.9. The number of benzene rings is 1. The summed E-state index contributed by atoms with van der Waals surface area (Å²) in [5.74, 6) is -3.29. The van der Waals surface area contributed by atoms with Gasteiger partial charge in [0.25, 0.3) is 0 Å². The molecule has 0 aromatic heterocycles. The van der Waals surface area contributed by atoms with Crippen LogP contribution in [-0.2, 0) is 23.9 Å². The van der Waals surface area contributed by atoms with Crippen molar-refractivity contribution in [1.82, 2.24) is 10.0 Å². The van der Waals surface area contributed by atoms with Gasteiger partial charge in [-0.3, -0.25) is 19.4 Å². The Morgan fingerprint density at radius 3 is 2.07 bits per heavy atom. The zero-order valence-corrected chi connectivity index (χ0v) is 15.9. The van der Waals surface area contributed by atoms with Gasteiger partial charge < -0.3 is 14.2 Å². The van der Waals surface area contributed by atoms with Crippen LogP contribution in [0.1, 0.15) is 18.0 Å². The number of halogens is 3. The molecule has 1 amide bonds. The van der Waals surface area contributed by atoms with Crippen LogP contribution in [0.25, 0.3) is 0 Å². The van der Waals surface area contributed by atoms with Gasteiger partial charge in [0.2, 0.25) is 11.3 Å². The molecule has 0 aliphatic carbocycles. The maximum absolute atomic E-state index is 14.2. The number of ether oxygens (including phenoxy) is 3. The molecule has 1 aromatic carbocycles. The molecule has 1 aromatic rings. The number of carbonyl (C=O) groups is 3. The SMILES string of the molecule is COC(=O)C1(C(=O)OC)[C@H](c2ccc(OC)cc2)N2CCC(=O)N2[C@H]1C(F)(F)F. The number of esters is 2. The predicted octanol–water partition coefficient (Wildman–Crippen LogP) is 1.46. The van der Waals surface area contributed by atoms with Gasteiger partial charge in [0.15, 0.2) is 6.04 Å². The van der Waals surface area contributed by atoms with Crippen molar-refractivity contribution in [3.05, 3.63) is 29.8 Å². The zero-order chi connectivity index (χ0) is 21.6. The number of nitrogens with zero attached hydrogens (tertiary/aromatic N) is 2. The summed E-state index contributed by atoms with van der Waals surface area (Å²) in [6, 6.07) is 1.60. The van der Waals surface area contributed by atoms with E-state index in [2.05, 4.69) is 9.47 Å². The fourth-order valence-electron chi connectivity index (χ4n) is 4.18. The van der Waals surface area contributed by atoms with Crippen LogP contribution >= 0.6 is 0 Å². The number of methoxy groups -OCH3 is 3. The summed E-state index contributed by atoms with van der Waals surface area (Å²) in [7, 11) is 3.18. The van der Waals surface area contributed by atoms with Gasteiger partial charge in [0.1, 0.15) is 5.75 Å². The largest absolute Gasteiger partial charge is 0.497 e. The summed E-state index contributed by atoms with van der Waals surface area (Å²) in [6.07, 6.45) is -5.29. The minimum Gasteiger partial charge on any atom is -0.497 e. The number of rotatable bonds is 4. The van der Waals surface area contributed by atoms with Gasteiger partial charge in [-0.15, -0.1) is 0 Å². The molecule has 0 radical (unpaired) electrons. The van der Waals surface area contributed by atoms with E-state index in [-0.39, 0.29) is 18.5 Å². The number of amides is 1. The highest BCUT2D eigenvalue weighted by molar-refractivity contribution is 6.03. The van der Waals surface area contributed by atoms with E-state index >= 15 is 0 Å². The van der Waals surface area contributed by atoms with Crippen LogP contribution in [0.15, 0.2) is 24.3 Å². The van der Waals surface area contributed by atoms with Crippen LogP contribution in [-0.4, -0.2) is 68.0 Å². The number of carbonyl (C=O) groups excluding carboxylic acids is 3. The molecule has 0 spiro atoms. The second-order valence-electron chi connectivity index (χ2n) is 6.62. The molecule has 29 heavy (non-hydrogen) atoms. The average Bonchev–Trinajstić information content (AvgIpc) is 3.21. The van der Waals surface area contributed by atoms with Gasteiger partial charge in [-0.2, -0.15) is 13.2 Å². The molecule has 0 bridgehead atoms. The summed E-state index contributed by atoms with van der Waals surface area (Å²) in [5.41, 5.74) is -2.65. The van der Waals surface area contributed by atoms with Gasteiger partial charge in [0.05, 0.1) is 27.4 Å². The molecule has 0 N–H and O–H groups in total. The Morgan fingerprint density at radius 2 is 1.62 bits per heavy atom. The zero-order valence-electron chi connectivity index (χ0n) is 15.9. The normalized spacial score (nSPS) is 23.7. The van der Waals surface area contributed by atoms with Crippen molar-refractivity contribution in [1.29, 1.82) is 0 Å². The number of alkyl halides is 3. The number of hydrogen-bond donors (Lipinski definition) is 0. The van der Waals surface area contributed by atoms with E-state index in [1.165, 1.54) is 31.4 Å². The molecule has 2 aliphatic rings. The highest BCUT2D eigenvalue weighted by Crippen LogP contribution is 2.57. The monoisotopic (exact) mass is 416 g/mol. The summed E-state index contributed by atoms with van der Waals surface area (Å²) in [4.78, 5) is 38.0. The number of hydrazine groups is 1. The van der Waals surface area contributed by atoms with Gasteiger partial charge >= 0.3 is 18.1 Å². The summed E-state index contributed by atoms with van der Waals surface area (Å²) in [6.45, 7) is -0.0994. The van der Waals surface area contributed by atoms with E-state index in [1.807, 2.05) is 0 Å². The first-order valence-corrected chi connectivity index (χ1v) is 8.60. The molecule has 2 saturated heterocycles. The Kier molecular flexibility index (Phi) is 5.20. The van der Waals surface area contributed by atoms with Crippen molar-refractivity contribution in [3.8, 4) is 5.75 Å². The fraction of sp³-hybridized carbons (Fsp3) is 0.500. The maximum Gasteiger partial charge on any atom is 0.412 e. The van der Waals surface area contributed by atoms with Crippen LogP contribution in [0, 0.1) is 5.41 Å². The summed E-state index contributed by atoms with van der Waals surface area (Å²) >= 11 is 0. The molecule has 11 heteroatoms. The molecule has 2 fully saturated rings. The Bertz CT molecular complexity index is 810. The van der Waals surface area contributed by atoms with Crippen molar-refractivity contribution in [2.45, 2.75) is 24.7 Å². The second kappa shape index (κ2) is 7.21. The lowest BCUT2D eigenvalue weighted by atomic mass is 9.71. The van der Waals surface area contributed by atoms with Gasteiger partial charge in [-0.1, -0.05) is 12.1 Å². The van der Waals surface area contributed by atoms with E-state index in [0.29, 0.717) is 10.8 Å². The first-order chi connectivity index (χ1) is 13.6. The van der Waals surface area contributed by atoms with Crippen LogP contribution < -0.4 is 4.74 Å². The van der Waals surface area contributed by atoms with Crippen LogP contribution in [0.3, 0.4) is 0 Å². The predicted molar refractivity (Wildman–Crippen MR) is 90.2 cm³/mol. The standard InChI is InChI=1S/C18H19F3N2O6/c1-27-11-6-4-10(5-7-11)13-17(15(25)28-2,16(26)29-3)14(18(19,20)21)23-12(24)8-9-22(13)23/h4-7,13-14H,8-9H2,1-3H3/t13-,14+/m0/s1. The third kappa shape index (κ3) is 2.91. The van der Waals surface area contributed by atoms with Gasteiger partial charge in [-0.25, -0.2) is 5.01 Å². The minimum atomic E-state index is -5.11. The third-order valence-corrected chi connectivity index (χ3v) is 5.28. The lowest BCUT2D eigenvalue weighted by Gasteiger charge is -2.35. The molecule has 0 unspecified atom stereocenters. The molecule has 3 rings (SSSR count). The molecule has 158 valence electrons. The molecule has 8 nitrogen and oxygen atoms in total. The van der Waals surface area contributed by atoms with Crippen molar-refractivity contribution < 1.29 is 41.8 Å². The molecule has 2 heterocycles. The van der Waals surface area contributed by atoms with E-state index in [0.717, 1.165) is 19.2 Å². The smallest absolute Gasteiger partial charge is 0.412 e. The van der Waals surface area contributed by atoms with E-state index in [1.54, 1.807) is 0 Å². The molecule has 2 aliphatic heterocycles. The third-order valence-electron chi connectivity index (χ3n) is 5.28. The number of fused-ring (bicyclic) bond motifs is 1. The number of hydrogen-bond acceptors (Lipinski definition) is 7. The topological polar surface area (TPSA) is 85.4 Å². The van der Waals surface area contributed by atoms with Gasteiger partial charge in [0, 0.05) is 13.0 Å². The molecule has 2 atom stereocenters. The Hall–Kier alpha value is -2.82. The van der Waals surface area contributed by atoms with E-state index in [9.17, 15) is 27.6 Å². The molecule has 0 saturated carbocycles. The van der Waals surface area contributed by atoms with Crippen LogP contribution in [0.5, 0.6) is 5.75 Å². The summed E-state index contributed by atoms with van der Waals surface area (Å²) in [5, 5.41) is 1.54. The van der Waals surface area contributed by atoms with Crippen molar-refractivity contribution in [2.75, 3.05) is 27.9 Å². The highest BCUT2D eigenvalue weighted by Gasteiger charge is 2.78. The Labute approximate surface area is 164 Å². The maximum atomic E-state index is 14.2. The van der Waals surface area contributed by atoms with Crippen LogP contribution in [0.4, 0.5) is 13.2 Å². The second-order valence-corrected chi connectivity index (χ2v) is 6.62. The van der Waals surface area contributed by atoms with Gasteiger partial charge in [-0.05, 0) is 17.7 Å². The van der Waals surface area contributed by atoms with Crippen molar-refractivity contribution in [3.63, 3.8) is 0 Å². The minimum absolute atomic E-state index is 0.0994. The molecular formula is C18H19F3N2O6. The highest BCUT2D eigenvalue weighted by atomic mass is 19.4. The lowest BCUT2D eigenvalue weighted by Crippen LogP contribution is -2.59. The molecular weight excluding hydrogens is 397 g/mol. The van der Waals surface area contributed by atoms with Crippen molar-refractivity contribution in [2.24, 2.45) is 5.41 Å². The van der Waals surface area contributed by atoms with Crippen LogP contribution in [0.2, 0.25) is 0 Å². The fourth-order valence-corrected chi connectivity index (χ4v) is 4.18. The quantitative estimate of drug-likeness (QED) is 0.543. The summed E-state index contributed by atoms with van der Waals surface area (Å²) < 4.78 is 57.0.